The third-order valence-corrected chi connectivity index (χ3v) is 6.88. The summed E-state index contributed by atoms with van der Waals surface area (Å²) < 4.78 is 40.8. The molecule has 1 heterocycles. The molecule has 0 radical (unpaired) electrons. The highest BCUT2D eigenvalue weighted by atomic mass is 32.2. The van der Waals surface area contributed by atoms with Gasteiger partial charge in [0.2, 0.25) is 15.9 Å². The van der Waals surface area contributed by atoms with Crippen molar-refractivity contribution in [1.82, 2.24) is 9.62 Å². The topological polar surface area (TPSA) is 92.5 Å². The highest BCUT2D eigenvalue weighted by Crippen LogP contribution is 2.28. The molecule has 1 unspecified atom stereocenters. The van der Waals surface area contributed by atoms with Crippen molar-refractivity contribution in [3.05, 3.63) is 30.1 Å². The van der Waals surface area contributed by atoms with Gasteiger partial charge in [0.15, 0.2) is 0 Å². The highest BCUT2D eigenvalue weighted by Gasteiger charge is 2.31. The zero-order valence-electron chi connectivity index (χ0n) is 14.7. The third kappa shape index (κ3) is 4.61. The predicted octanol–water partition coefficient (Wildman–Crippen LogP) is 1.61. The van der Waals surface area contributed by atoms with Crippen LogP contribution in [-0.2, 0) is 14.8 Å². The van der Waals surface area contributed by atoms with Crippen molar-refractivity contribution in [2.75, 3.05) is 13.1 Å². The fraction of sp³-hybridized carbons (Fsp3) is 0.611. The Hall–Kier alpha value is -1.51. The number of rotatable bonds is 5. The van der Waals surface area contributed by atoms with Crippen LogP contribution < -0.4 is 10.5 Å². The van der Waals surface area contributed by atoms with E-state index >= 15 is 0 Å². The van der Waals surface area contributed by atoms with E-state index in [1.54, 1.807) is 4.90 Å². The van der Waals surface area contributed by atoms with Crippen molar-refractivity contribution in [2.24, 2.45) is 11.7 Å². The van der Waals surface area contributed by atoms with E-state index in [0.717, 1.165) is 31.7 Å². The molecule has 6 nitrogen and oxygen atoms in total. The summed E-state index contributed by atoms with van der Waals surface area (Å²) in [5.41, 5.74) is 6.05. The maximum absolute atomic E-state index is 13.3. The normalized spacial score (nSPS) is 26.8. The van der Waals surface area contributed by atoms with Crippen molar-refractivity contribution < 1.29 is 17.6 Å². The van der Waals surface area contributed by atoms with Crippen molar-refractivity contribution in [2.45, 2.75) is 55.5 Å². The molecule has 3 N–H and O–H groups in total. The molecule has 1 saturated carbocycles. The minimum atomic E-state index is -3.81. The summed E-state index contributed by atoms with van der Waals surface area (Å²) in [5.74, 6) is -0.324. The van der Waals surface area contributed by atoms with Crippen LogP contribution in [0.25, 0.3) is 0 Å². The second-order valence-electron chi connectivity index (χ2n) is 7.32. The molecule has 26 heavy (non-hydrogen) atoms. The van der Waals surface area contributed by atoms with Gasteiger partial charge in [-0.15, -0.1) is 0 Å². The second-order valence-corrected chi connectivity index (χ2v) is 9.03. The quantitative estimate of drug-likeness (QED) is 0.808. The monoisotopic (exact) mass is 383 g/mol. The van der Waals surface area contributed by atoms with Gasteiger partial charge in [-0.05, 0) is 49.8 Å². The first-order chi connectivity index (χ1) is 12.3. The zero-order valence-corrected chi connectivity index (χ0v) is 15.6. The van der Waals surface area contributed by atoms with Crippen LogP contribution in [0.4, 0.5) is 4.39 Å². The van der Waals surface area contributed by atoms with Crippen molar-refractivity contribution in [1.29, 1.82) is 0 Å². The molecule has 1 aromatic carbocycles. The molecule has 0 spiro atoms. The molecule has 3 atom stereocenters. The van der Waals surface area contributed by atoms with Gasteiger partial charge < -0.3 is 10.6 Å². The Morgan fingerprint density at radius 1 is 1.27 bits per heavy atom. The number of nitrogens with one attached hydrogen (secondary N) is 1. The summed E-state index contributed by atoms with van der Waals surface area (Å²) >= 11 is 0. The highest BCUT2D eigenvalue weighted by molar-refractivity contribution is 7.89. The number of halogens is 1. The summed E-state index contributed by atoms with van der Waals surface area (Å²) in [6.07, 6.45) is 4.84. The van der Waals surface area contributed by atoms with Gasteiger partial charge in [0, 0.05) is 31.6 Å². The van der Waals surface area contributed by atoms with E-state index < -0.39 is 15.8 Å². The number of hydrogen-bond donors (Lipinski definition) is 2. The lowest BCUT2D eigenvalue weighted by atomic mass is 9.98. The van der Waals surface area contributed by atoms with E-state index in [0.29, 0.717) is 25.9 Å². The molecule has 1 aromatic rings. The van der Waals surface area contributed by atoms with Crippen LogP contribution in [0.15, 0.2) is 29.2 Å². The first kappa shape index (κ1) is 19.3. The number of nitrogens with two attached hydrogens (primary N) is 1. The summed E-state index contributed by atoms with van der Waals surface area (Å²) in [4.78, 5) is 14.2. The Kier molecular flexibility index (Phi) is 5.94. The van der Waals surface area contributed by atoms with Gasteiger partial charge in [-0.1, -0.05) is 12.5 Å². The number of sulfonamides is 1. The SMILES string of the molecule is N[C@@H]1CCC[C@H]1CC(=O)N1CCCC(NS(=O)(=O)c2cccc(F)c2)C1. The molecule has 2 aliphatic rings. The minimum Gasteiger partial charge on any atom is -0.341 e. The molecular formula is C18H26FN3O3S. The fourth-order valence-electron chi connectivity index (χ4n) is 3.89. The first-order valence-electron chi connectivity index (χ1n) is 9.16. The number of amides is 1. The Labute approximate surface area is 154 Å². The largest absolute Gasteiger partial charge is 0.341 e. The standard InChI is InChI=1S/C18H26FN3O3S/c19-14-5-2-7-16(11-14)26(24,25)21-15-6-3-9-22(12-15)18(23)10-13-4-1-8-17(13)20/h2,5,7,11,13,15,17,21H,1,3-4,6,8-10,12,20H2/t13-,15?,17+/m0/s1. The van der Waals surface area contributed by atoms with Crippen LogP contribution in [0, 0.1) is 11.7 Å². The smallest absolute Gasteiger partial charge is 0.240 e. The van der Waals surface area contributed by atoms with Crippen LogP contribution in [0.5, 0.6) is 0 Å². The zero-order chi connectivity index (χ0) is 18.7. The van der Waals surface area contributed by atoms with Gasteiger partial charge in [0.05, 0.1) is 4.90 Å². The molecule has 3 rings (SSSR count). The number of carbonyl (C=O) groups excluding carboxylic acids is 1. The van der Waals surface area contributed by atoms with E-state index in [1.165, 1.54) is 18.2 Å². The van der Waals surface area contributed by atoms with Crippen LogP contribution in [0.1, 0.15) is 38.5 Å². The van der Waals surface area contributed by atoms with Crippen LogP contribution in [0.2, 0.25) is 0 Å². The number of nitrogens with zero attached hydrogens (tertiary/aromatic N) is 1. The van der Waals surface area contributed by atoms with Crippen molar-refractivity contribution >= 4 is 15.9 Å². The number of piperidine rings is 1. The minimum absolute atomic E-state index is 0.0435. The molecule has 1 aliphatic carbocycles. The Morgan fingerprint density at radius 3 is 2.77 bits per heavy atom. The summed E-state index contributed by atoms with van der Waals surface area (Å²) in [5, 5.41) is 0. The van der Waals surface area contributed by atoms with Gasteiger partial charge in [-0.2, -0.15) is 0 Å². The molecule has 1 amide bonds. The number of carbonyl (C=O) groups is 1. The maximum atomic E-state index is 13.3. The summed E-state index contributed by atoms with van der Waals surface area (Å²) in [7, 11) is -3.81. The van der Waals surface area contributed by atoms with Gasteiger partial charge in [0.1, 0.15) is 5.82 Å². The average Bonchev–Trinajstić information content (AvgIpc) is 2.99. The number of hydrogen-bond acceptors (Lipinski definition) is 4. The lowest BCUT2D eigenvalue weighted by Gasteiger charge is -2.34. The summed E-state index contributed by atoms with van der Waals surface area (Å²) in [6.45, 7) is 0.980. The van der Waals surface area contributed by atoms with E-state index in [-0.39, 0.29) is 28.8 Å². The van der Waals surface area contributed by atoms with Gasteiger partial charge in [-0.25, -0.2) is 17.5 Å². The molecule has 0 bridgehead atoms. The molecule has 8 heteroatoms. The maximum Gasteiger partial charge on any atom is 0.240 e. The number of benzene rings is 1. The van der Waals surface area contributed by atoms with E-state index in [2.05, 4.69) is 4.72 Å². The second kappa shape index (κ2) is 8.02. The average molecular weight is 383 g/mol. The number of likely N-dealkylation sites (tertiary alicyclic amines) is 1. The Balaban J connectivity index is 1.60. The van der Waals surface area contributed by atoms with Crippen molar-refractivity contribution in [3.8, 4) is 0 Å². The van der Waals surface area contributed by atoms with E-state index in [1.807, 2.05) is 0 Å². The van der Waals surface area contributed by atoms with E-state index in [4.69, 9.17) is 5.73 Å². The molecule has 0 aromatic heterocycles. The predicted molar refractivity (Wildman–Crippen MR) is 96.3 cm³/mol. The lowest BCUT2D eigenvalue weighted by molar-refractivity contribution is -0.133. The molecule has 2 fully saturated rings. The van der Waals surface area contributed by atoms with Gasteiger partial charge in [-0.3, -0.25) is 4.79 Å². The van der Waals surface area contributed by atoms with Gasteiger partial charge in [0.25, 0.3) is 0 Å². The van der Waals surface area contributed by atoms with E-state index in [9.17, 15) is 17.6 Å². The van der Waals surface area contributed by atoms with Crippen molar-refractivity contribution in [3.63, 3.8) is 0 Å². The lowest BCUT2D eigenvalue weighted by Crippen LogP contribution is -2.50. The summed E-state index contributed by atoms with van der Waals surface area (Å²) in [6, 6.07) is 4.65. The van der Waals surface area contributed by atoms with Crippen LogP contribution in [-0.4, -0.2) is 44.4 Å². The molecule has 144 valence electrons. The molecular weight excluding hydrogens is 357 g/mol. The fourth-order valence-corrected chi connectivity index (χ4v) is 5.19. The first-order valence-corrected chi connectivity index (χ1v) is 10.6. The van der Waals surface area contributed by atoms with Gasteiger partial charge >= 0.3 is 0 Å². The molecule has 1 saturated heterocycles. The Morgan fingerprint density at radius 2 is 2.08 bits per heavy atom. The van der Waals surface area contributed by atoms with Crippen LogP contribution >= 0.6 is 0 Å². The third-order valence-electron chi connectivity index (χ3n) is 5.36. The van der Waals surface area contributed by atoms with Crippen LogP contribution in [0.3, 0.4) is 0 Å². The Bertz CT molecular complexity index is 756. The molecule has 1 aliphatic heterocycles.